The predicted octanol–water partition coefficient (Wildman–Crippen LogP) is 1.66. The fourth-order valence-corrected chi connectivity index (χ4v) is 1.81. The molecule has 0 unspecified atom stereocenters. The van der Waals surface area contributed by atoms with Gasteiger partial charge in [-0.2, -0.15) is 5.10 Å². The molecule has 0 radical (unpaired) electrons. The second kappa shape index (κ2) is 5.34. The molecule has 0 fully saturated rings. The third kappa shape index (κ3) is 2.98. The van der Waals surface area contributed by atoms with Crippen LogP contribution in [0.5, 0.6) is 0 Å². The summed E-state index contributed by atoms with van der Waals surface area (Å²) in [5.74, 6) is 0. The van der Waals surface area contributed by atoms with E-state index in [1.54, 1.807) is 23.7 Å². The van der Waals surface area contributed by atoms with Gasteiger partial charge in [0.2, 0.25) is 0 Å². The van der Waals surface area contributed by atoms with Gasteiger partial charge in [0.1, 0.15) is 12.7 Å². The van der Waals surface area contributed by atoms with Gasteiger partial charge in [0.05, 0.1) is 25.1 Å². The zero-order valence-electron chi connectivity index (χ0n) is 10.3. The van der Waals surface area contributed by atoms with Crippen LogP contribution in [0.2, 0.25) is 0 Å². The van der Waals surface area contributed by atoms with Crippen LogP contribution in [-0.2, 0) is 13.1 Å². The van der Waals surface area contributed by atoms with Gasteiger partial charge in [-0.05, 0) is 17.7 Å². The van der Waals surface area contributed by atoms with Crippen molar-refractivity contribution in [3.8, 4) is 0 Å². The van der Waals surface area contributed by atoms with E-state index in [1.165, 1.54) is 5.56 Å². The van der Waals surface area contributed by atoms with Crippen LogP contribution in [0, 0.1) is 0 Å². The molecule has 6 nitrogen and oxygen atoms in total. The van der Waals surface area contributed by atoms with Crippen molar-refractivity contribution in [2.24, 2.45) is 0 Å². The van der Waals surface area contributed by atoms with Crippen LogP contribution in [0.3, 0.4) is 0 Å². The summed E-state index contributed by atoms with van der Waals surface area (Å²) in [5.41, 5.74) is 3.33. The lowest BCUT2D eigenvalue weighted by Crippen LogP contribution is -2.01. The maximum absolute atomic E-state index is 4.08. The summed E-state index contributed by atoms with van der Waals surface area (Å²) in [4.78, 5) is 11.0. The third-order valence-electron chi connectivity index (χ3n) is 2.80. The Hall–Kier alpha value is -2.63. The molecule has 0 saturated carbocycles. The van der Waals surface area contributed by atoms with E-state index in [4.69, 9.17) is 0 Å². The zero-order valence-corrected chi connectivity index (χ0v) is 10.3. The topological polar surface area (TPSA) is 71.4 Å². The number of nitrogens with zero attached hydrogens (tertiary/aromatic N) is 4. The number of benzene rings is 1. The van der Waals surface area contributed by atoms with Crippen LogP contribution in [0.1, 0.15) is 11.3 Å². The van der Waals surface area contributed by atoms with Crippen molar-refractivity contribution >= 4 is 5.69 Å². The molecular formula is C13H14N6. The summed E-state index contributed by atoms with van der Waals surface area (Å²) < 4.78 is 1.80. The molecule has 3 rings (SSSR count). The molecule has 6 heteroatoms. The Kier molecular flexibility index (Phi) is 3.22. The smallest absolute Gasteiger partial charge is 0.137 e. The average molecular weight is 254 g/mol. The van der Waals surface area contributed by atoms with Crippen LogP contribution in [0.15, 0.2) is 49.4 Å². The summed E-state index contributed by atoms with van der Waals surface area (Å²) in [5, 5.41) is 7.41. The van der Waals surface area contributed by atoms with E-state index in [0.717, 1.165) is 24.5 Å². The first-order chi connectivity index (χ1) is 9.40. The Morgan fingerprint density at radius 1 is 1.16 bits per heavy atom. The van der Waals surface area contributed by atoms with Gasteiger partial charge in [0, 0.05) is 11.9 Å². The predicted molar refractivity (Wildman–Crippen MR) is 71.5 cm³/mol. The highest BCUT2D eigenvalue weighted by Gasteiger charge is 1.98. The highest BCUT2D eigenvalue weighted by Crippen LogP contribution is 2.11. The number of aromatic amines is 1. The zero-order chi connectivity index (χ0) is 12.9. The summed E-state index contributed by atoms with van der Waals surface area (Å²) in [6.45, 7) is 1.48. The maximum Gasteiger partial charge on any atom is 0.137 e. The van der Waals surface area contributed by atoms with Gasteiger partial charge in [-0.1, -0.05) is 12.1 Å². The molecule has 0 atom stereocenters. The number of rotatable bonds is 5. The molecular weight excluding hydrogens is 240 g/mol. The number of nitrogens with one attached hydrogen (secondary N) is 2. The average Bonchev–Trinajstić information content (AvgIpc) is 3.11. The second-order valence-corrected chi connectivity index (χ2v) is 4.22. The monoisotopic (exact) mass is 254 g/mol. The molecule has 96 valence electrons. The lowest BCUT2D eigenvalue weighted by atomic mass is 10.2. The van der Waals surface area contributed by atoms with Crippen LogP contribution < -0.4 is 5.32 Å². The SMILES string of the molecule is c1ncn(Cc2ccc(NCc3cnc[nH]3)cc2)n1. The molecule has 2 heterocycles. The summed E-state index contributed by atoms with van der Waals surface area (Å²) in [6, 6.07) is 8.28. The van der Waals surface area contributed by atoms with Gasteiger partial charge >= 0.3 is 0 Å². The molecule has 0 amide bonds. The van der Waals surface area contributed by atoms with E-state index in [1.807, 2.05) is 6.20 Å². The van der Waals surface area contributed by atoms with Gasteiger partial charge in [0.25, 0.3) is 0 Å². The number of aromatic nitrogens is 5. The standard InChI is InChI=1S/C13H14N6/c1-3-12(16-6-13-5-14-8-17-13)4-2-11(1)7-19-10-15-9-18-19/h1-5,8-10,16H,6-7H2,(H,14,17). The van der Waals surface area contributed by atoms with Crippen molar-refractivity contribution in [3.05, 3.63) is 60.7 Å². The van der Waals surface area contributed by atoms with E-state index in [2.05, 4.69) is 49.6 Å². The van der Waals surface area contributed by atoms with Crippen LogP contribution >= 0.6 is 0 Å². The van der Waals surface area contributed by atoms with Crippen molar-refractivity contribution < 1.29 is 0 Å². The number of imidazole rings is 1. The summed E-state index contributed by atoms with van der Waals surface area (Å²) in [6.07, 6.45) is 6.75. The lowest BCUT2D eigenvalue weighted by molar-refractivity contribution is 0.685. The minimum absolute atomic E-state index is 0.737. The molecule has 1 aromatic carbocycles. The van der Waals surface area contributed by atoms with Crippen molar-refractivity contribution in [1.29, 1.82) is 0 Å². The normalized spacial score (nSPS) is 10.5. The van der Waals surface area contributed by atoms with E-state index in [0.29, 0.717) is 0 Å². The molecule has 19 heavy (non-hydrogen) atoms. The number of hydrogen-bond acceptors (Lipinski definition) is 4. The molecule has 0 aliphatic rings. The van der Waals surface area contributed by atoms with Crippen molar-refractivity contribution in [2.45, 2.75) is 13.1 Å². The van der Waals surface area contributed by atoms with E-state index in [9.17, 15) is 0 Å². The Labute approximate surface area is 110 Å². The van der Waals surface area contributed by atoms with Crippen molar-refractivity contribution in [1.82, 2.24) is 24.7 Å². The Balaban J connectivity index is 1.59. The summed E-state index contributed by atoms with van der Waals surface area (Å²) >= 11 is 0. The lowest BCUT2D eigenvalue weighted by Gasteiger charge is -2.06. The van der Waals surface area contributed by atoms with Crippen LogP contribution in [0.25, 0.3) is 0 Å². The first-order valence-corrected chi connectivity index (χ1v) is 6.02. The van der Waals surface area contributed by atoms with Gasteiger partial charge in [-0.3, -0.25) is 0 Å². The minimum atomic E-state index is 0.737. The van der Waals surface area contributed by atoms with E-state index < -0.39 is 0 Å². The van der Waals surface area contributed by atoms with Crippen molar-refractivity contribution in [2.75, 3.05) is 5.32 Å². The molecule has 0 spiro atoms. The minimum Gasteiger partial charge on any atom is -0.379 e. The number of H-pyrrole nitrogens is 1. The van der Waals surface area contributed by atoms with Gasteiger partial charge < -0.3 is 10.3 Å². The summed E-state index contributed by atoms with van der Waals surface area (Å²) in [7, 11) is 0. The largest absolute Gasteiger partial charge is 0.379 e. The van der Waals surface area contributed by atoms with Crippen molar-refractivity contribution in [3.63, 3.8) is 0 Å². The van der Waals surface area contributed by atoms with Crippen LogP contribution in [-0.4, -0.2) is 24.7 Å². The highest BCUT2D eigenvalue weighted by molar-refractivity contribution is 5.44. The first-order valence-electron chi connectivity index (χ1n) is 6.02. The molecule has 2 aromatic heterocycles. The molecule has 0 bridgehead atoms. The fraction of sp³-hybridized carbons (Fsp3) is 0.154. The molecule has 3 aromatic rings. The molecule has 0 aliphatic heterocycles. The maximum atomic E-state index is 4.08. The second-order valence-electron chi connectivity index (χ2n) is 4.22. The quantitative estimate of drug-likeness (QED) is 0.726. The van der Waals surface area contributed by atoms with Crippen LogP contribution in [0.4, 0.5) is 5.69 Å². The Bertz CT molecular complexity index is 597. The van der Waals surface area contributed by atoms with Gasteiger partial charge in [0.15, 0.2) is 0 Å². The van der Waals surface area contributed by atoms with E-state index >= 15 is 0 Å². The molecule has 0 aliphatic carbocycles. The van der Waals surface area contributed by atoms with Gasteiger partial charge in [-0.25, -0.2) is 14.6 Å². The number of anilines is 1. The third-order valence-corrected chi connectivity index (χ3v) is 2.80. The molecule has 0 saturated heterocycles. The Morgan fingerprint density at radius 2 is 2.05 bits per heavy atom. The first kappa shape index (κ1) is 11.5. The van der Waals surface area contributed by atoms with E-state index in [-0.39, 0.29) is 0 Å². The number of hydrogen-bond donors (Lipinski definition) is 2. The molecule has 2 N–H and O–H groups in total. The Morgan fingerprint density at radius 3 is 2.74 bits per heavy atom. The highest BCUT2D eigenvalue weighted by atomic mass is 15.3. The van der Waals surface area contributed by atoms with Gasteiger partial charge in [-0.15, -0.1) is 0 Å². The fourth-order valence-electron chi connectivity index (χ4n) is 1.81.